The highest BCUT2D eigenvalue weighted by molar-refractivity contribution is 6.30. The summed E-state index contributed by atoms with van der Waals surface area (Å²) in [6, 6.07) is 7.17. The molecule has 72 valence electrons. The first-order valence-corrected chi connectivity index (χ1v) is 4.52. The van der Waals surface area contributed by atoms with Crippen LogP contribution in [0.5, 0.6) is 0 Å². The smallest absolute Gasteiger partial charge is 0.1000 e. The zero-order valence-electron chi connectivity index (χ0n) is 7.56. The molecule has 0 saturated carbocycles. The quantitative estimate of drug-likeness (QED) is 0.799. The van der Waals surface area contributed by atoms with Crippen LogP contribution >= 0.6 is 11.6 Å². The molecule has 0 aromatic heterocycles. The Kier molecular flexibility index (Phi) is 3.28. The van der Waals surface area contributed by atoms with Crippen molar-refractivity contribution in [1.82, 2.24) is 0 Å². The zero-order chi connectivity index (χ0) is 9.90. The number of hydrogen-bond donors (Lipinski definition) is 1. The van der Waals surface area contributed by atoms with Gasteiger partial charge in [0.25, 0.3) is 0 Å². The Morgan fingerprint density at radius 3 is 2.69 bits per heavy atom. The summed E-state index contributed by atoms with van der Waals surface area (Å²) in [4.78, 5) is 0. The molecule has 1 nitrogen and oxygen atoms in total. The van der Waals surface area contributed by atoms with Crippen molar-refractivity contribution < 1.29 is 4.39 Å². The maximum Gasteiger partial charge on any atom is 0.1000 e. The van der Waals surface area contributed by atoms with Gasteiger partial charge in [-0.2, -0.15) is 0 Å². The molecule has 1 unspecified atom stereocenters. The molecule has 1 aromatic carbocycles. The number of nitrogens with two attached hydrogens (primary N) is 1. The van der Waals surface area contributed by atoms with E-state index in [-0.39, 0.29) is 6.54 Å². The summed E-state index contributed by atoms with van der Waals surface area (Å²) >= 11 is 5.80. The van der Waals surface area contributed by atoms with Gasteiger partial charge in [0.1, 0.15) is 0 Å². The van der Waals surface area contributed by atoms with Gasteiger partial charge < -0.3 is 5.73 Å². The van der Waals surface area contributed by atoms with Crippen LogP contribution in [-0.4, -0.2) is 13.2 Å². The van der Waals surface area contributed by atoms with Gasteiger partial charge >= 0.3 is 0 Å². The second-order valence-electron chi connectivity index (χ2n) is 3.41. The van der Waals surface area contributed by atoms with Gasteiger partial charge in [0.05, 0.1) is 6.67 Å². The normalized spacial score (nSPS) is 15.4. The maximum atomic E-state index is 12.7. The molecule has 13 heavy (non-hydrogen) atoms. The number of benzene rings is 1. The first kappa shape index (κ1) is 10.5. The molecule has 0 bridgehead atoms. The molecular formula is C10H13ClFN. The standard InChI is InChI=1S/C10H13ClFN/c1-10(6-12,7-13)8-3-2-4-9(11)5-8/h2-5H,6-7,13H2,1H3. The third-order valence-electron chi connectivity index (χ3n) is 2.27. The van der Waals surface area contributed by atoms with E-state index in [1.54, 1.807) is 25.1 Å². The first-order chi connectivity index (χ1) is 6.12. The molecular weight excluding hydrogens is 189 g/mol. The predicted octanol–water partition coefficient (Wildman–Crippen LogP) is 2.53. The average Bonchev–Trinajstić information content (AvgIpc) is 2.17. The van der Waals surface area contributed by atoms with E-state index in [0.717, 1.165) is 5.56 Å². The van der Waals surface area contributed by atoms with Crippen molar-refractivity contribution in [2.45, 2.75) is 12.3 Å². The van der Waals surface area contributed by atoms with E-state index in [1.807, 2.05) is 6.07 Å². The van der Waals surface area contributed by atoms with Crippen LogP contribution in [0.15, 0.2) is 24.3 Å². The molecule has 0 fully saturated rings. The summed E-state index contributed by atoms with van der Waals surface area (Å²) in [5.41, 5.74) is 5.76. The lowest BCUT2D eigenvalue weighted by Gasteiger charge is -2.24. The molecule has 1 atom stereocenters. The Labute approximate surface area is 82.7 Å². The summed E-state index contributed by atoms with van der Waals surface area (Å²) in [5.74, 6) is 0. The van der Waals surface area contributed by atoms with Crippen LogP contribution in [0, 0.1) is 0 Å². The summed E-state index contributed by atoms with van der Waals surface area (Å²) in [5, 5.41) is 0.616. The Hall–Kier alpha value is -0.600. The Balaban J connectivity index is 3.05. The van der Waals surface area contributed by atoms with Gasteiger partial charge in [-0.05, 0) is 17.7 Å². The topological polar surface area (TPSA) is 26.0 Å². The van der Waals surface area contributed by atoms with Crippen LogP contribution in [0.3, 0.4) is 0 Å². The van der Waals surface area contributed by atoms with E-state index in [0.29, 0.717) is 5.02 Å². The van der Waals surface area contributed by atoms with Crippen LogP contribution < -0.4 is 5.73 Å². The van der Waals surface area contributed by atoms with Gasteiger partial charge in [-0.15, -0.1) is 0 Å². The summed E-state index contributed by atoms with van der Waals surface area (Å²) in [6.45, 7) is 1.60. The minimum atomic E-state index is -0.606. The van der Waals surface area contributed by atoms with E-state index in [9.17, 15) is 4.39 Å². The zero-order valence-corrected chi connectivity index (χ0v) is 8.31. The summed E-state index contributed by atoms with van der Waals surface area (Å²) in [6.07, 6.45) is 0. The fraction of sp³-hybridized carbons (Fsp3) is 0.400. The SMILES string of the molecule is CC(CN)(CF)c1cccc(Cl)c1. The third kappa shape index (κ3) is 2.20. The van der Waals surface area contributed by atoms with E-state index in [2.05, 4.69) is 0 Å². The van der Waals surface area contributed by atoms with Gasteiger partial charge in [-0.25, -0.2) is 0 Å². The summed E-state index contributed by atoms with van der Waals surface area (Å²) in [7, 11) is 0. The minimum Gasteiger partial charge on any atom is -0.329 e. The average molecular weight is 202 g/mol. The van der Waals surface area contributed by atoms with Crippen molar-refractivity contribution in [3.63, 3.8) is 0 Å². The first-order valence-electron chi connectivity index (χ1n) is 4.14. The van der Waals surface area contributed by atoms with Crippen LogP contribution in [-0.2, 0) is 5.41 Å². The third-order valence-corrected chi connectivity index (χ3v) is 2.50. The Bertz CT molecular complexity index is 284. The molecule has 1 rings (SSSR count). The minimum absolute atomic E-state index is 0.282. The molecule has 0 heterocycles. The second kappa shape index (κ2) is 4.07. The summed E-state index contributed by atoms with van der Waals surface area (Å²) < 4.78 is 12.7. The van der Waals surface area contributed by atoms with Crippen molar-refractivity contribution in [3.8, 4) is 0 Å². The van der Waals surface area contributed by atoms with Crippen molar-refractivity contribution >= 4 is 11.6 Å². The van der Waals surface area contributed by atoms with E-state index < -0.39 is 12.1 Å². The van der Waals surface area contributed by atoms with Gasteiger partial charge in [-0.1, -0.05) is 30.7 Å². The maximum absolute atomic E-state index is 12.7. The number of halogens is 2. The van der Waals surface area contributed by atoms with Gasteiger partial charge in [0.2, 0.25) is 0 Å². The van der Waals surface area contributed by atoms with Crippen LogP contribution in [0.2, 0.25) is 5.02 Å². The van der Waals surface area contributed by atoms with Crippen molar-refractivity contribution in [3.05, 3.63) is 34.9 Å². The van der Waals surface area contributed by atoms with Crippen LogP contribution in [0.1, 0.15) is 12.5 Å². The Morgan fingerprint density at radius 2 is 2.23 bits per heavy atom. The van der Waals surface area contributed by atoms with Crippen molar-refractivity contribution in [2.24, 2.45) is 5.73 Å². The number of hydrogen-bond acceptors (Lipinski definition) is 1. The number of alkyl halides is 1. The van der Waals surface area contributed by atoms with Gasteiger partial charge in [0.15, 0.2) is 0 Å². The van der Waals surface area contributed by atoms with Gasteiger partial charge in [0, 0.05) is 17.0 Å². The van der Waals surface area contributed by atoms with Crippen LogP contribution in [0.4, 0.5) is 4.39 Å². The van der Waals surface area contributed by atoms with E-state index in [1.165, 1.54) is 0 Å². The fourth-order valence-corrected chi connectivity index (χ4v) is 1.30. The predicted molar refractivity (Wildman–Crippen MR) is 53.8 cm³/mol. The van der Waals surface area contributed by atoms with Crippen molar-refractivity contribution in [1.29, 1.82) is 0 Å². The molecule has 0 saturated heterocycles. The highest BCUT2D eigenvalue weighted by Crippen LogP contribution is 2.25. The Morgan fingerprint density at radius 1 is 1.54 bits per heavy atom. The molecule has 0 aliphatic carbocycles. The largest absolute Gasteiger partial charge is 0.329 e. The highest BCUT2D eigenvalue weighted by Gasteiger charge is 2.24. The van der Waals surface area contributed by atoms with Crippen molar-refractivity contribution in [2.75, 3.05) is 13.2 Å². The monoisotopic (exact) mass is 201 g/mol. The molecule has 1 aromatic rings. The lowest BCUT2D eigenvalue weighted by molar-refractivity contribution is 0.334. The molecule has 0 spiro atoms. The fourth-order valence-electron chi connectivity index (χ4n) is 1.11. The second-order valence-corrected chi connectivity index (χ2v) is 3.85. The van der Waals surface area contributed by atoms with Crippen LogP contribution in [0.25, 0.3) is 0 Å². The molecule has 0 aliphatic rings. The highest BCUT2D eigenvalue weighted by atomic mass is 35.5. The molecule has 3 heteroatoms. The molecule has 0 radical (unpaired) electrons. The number of rotatable bonds is 3. The molecule has 0 aliphatic heterocycles. The van der Waals surface area contributed by atoms with E-state index >= 15 is 0 Å². The van der Waals surface area contributed by atoms with E-state index in [4.69, 9.17) is 17.3 Å². The molecule has 0 amide bonds. The lowest BCUT2D eigenvalue weighted by Crippen LogP contribution is -2.33. The molecule has 2 N–H and O–H groups in total. The lowest BCUT2D eigenvalue weighted by atomic mass is 9.84. The van der Waals surface area contributed by atoms with Gasteiger partial charge in [-0.3, -0.25) is 4.39 Å².